The smallest absolute Gasteiger partial charge is 0.307 e. The van der Waals surface area contributed by atoms with Gasteiger partial charge in [-0.25, -0.2) is 4.39 Å². The van der Waals surface area contributed by atoms with Crippen molar-refractivity contribution in [2.75, 3.05) is 13.2 Å². The summed E-state index contributed by atoms with van der Waals surface area (Å²) in [6.45, 7) is 3.02. The lowest BCUT2D eigenvalue weighted by Gasteiger charge is -2.06. The third-order valence-electron chi connectivity index (χ3n) is 2.13. The molecule has 0 aliphatic heterocycles. The van der Waals surface area contributed by atoms with E-state index in [4.69, 9.17) is 4.74 Å². The fourth-order valence-corrected chi connectivity index (χ4v) is 1.73. The van der Waals surface area contributed by atoms with Gasteiger partial charge >= 0.3 is 5.97 Å². The summed E-state index contributed by atoms with van der Waals surface area (Å²) in [7, 11) is 0. The van der Waals surface area contributed by atoms with E-state index in [0.717, 1.165) is 4.47 Å². The number of benzene rings is 1. The molecule has 1 aromatic carbocycles. The first-order valence-corrected chi connectivity index (χ1v) is 6.23. The van der Waals surface area contributed by atoms with E-state index in [-0.39, 0.29) is 11.8 Å². The first-order chi connectivity index (χ1) is 8.13. The second kappa shape index (κ2) is 7.40. The van der Waals surface area contributed by atoms with Crippen molar-refractivity contribution >= 4 is 21.9 Å². The topological polar surface area (TPSA) is 38.3 Å². The van der Waals surface area contributed by atoms with E-state index in [2.05, 4.69) is 21.2 Å². The molecule has 1 rings (SSSR count). The minimum absolute atomic E-state index is 0.241. The SMILES string of the molecule is CCOC(=O)CCNCc1cc(Br)ccc1F. The number of nitrogens with one attached hydrogen (secondary N) is 1. The summed E-state index contributed by atoms with van der Waals surface area (Å²) >= 11 is 3.28. The molecule has 0 spiro atoms. The Morgan fingerprint density at radius 3 is 3.00 bits per heavy atom. The third-order valence-corrected chi connectivity index (χ3v) is 2.63. The molecule has 5 heteroatoms. The monoisotopic (exact) mass is 303 g/mol. The Bertz CT molecular complexity index is 385. The lowest BCUT2D eigenvalue weighted by molar-refractivity contribution is -0.142. The van der Waals surface area contributed by atoms with Crippen LogP contribution in [0.5, 0.6) is 0 Å². The van der Waals surface area contributed by atoms with Gasteiger partial charge in [0, 0.05) is 23.1 Å². The summed E-state index contributed by atoms with van der Waals surface area (Å²) in [4.78, 5) is 11.0. The van der Waals surface area contributed by atoms with Crippen LogP contribution in [0, 0.1) is 5.82 Å². The summed E-state index contributed by atoms with van der Waals surface area (Å²) < 4.78 is 18.9. The van der Waals surface area contributed by atoms with Gasteiger partial charge in [-0.3, -0.25) is 4.79 Å². The summed E-state index contributed by atoms with van der Waals surface area (Å²) in [5.74, 6) is -0.494. The molecule has 0 aliphatic rings. The fourth-order valence-electron chi connectivity index (χ4n) is 1.33. The maximum atomic E-state index is 13.3. The van der Waals surface area contributed by atoms with Crippen molar-refractivity contribution in [1.82, 2.24) is 5.32 Å². The van der Waals surface area contributed by atoms with Crippen LogP contribution in [0.2, 0.25) is 0 Å². The average Bonchev–Trinajstić information content (AvgIpc) is 2.29. The molecule has 94 valence electrons. The van der Waals surface area contributed by atoms with E-state index < -0.39 is 0 Å². The third kappa shape index (κ3) is 5.28. The molecule has 0 radical (unpaired) electrons. The zero-order valence-corrected chi connectivity index (χ0v) is 11.2. The second-order valence-corrected chi connectivity index (χ2v) is 4.38. The van der Waals surface area contributed by atoms with Gasteiger partial charge < -0.3 is 10.1 Å². The number of hydrogen-bond acceptors (Lipinski definition) is 3. The van der Waals surface area contributed by atoms with Gasteiger partial charge in [0.15, 0.2) is 0 Å². The Morgan fingerprint density at radius 1 is 1.53 bits per heavy atom. The summed E-state index contributed by atoms with van der Waals surface area (Å²) in [6.07, 6.45) is 0.295. The summed E-state index contributed by atoms with van der Waals surface area (Å²) in [5, 5.41) is 3.00. The molecule has 0 saturated heterocycles. The lowest BCUT2D eigenvalue weighted by atomic mass is 10.2. The number of carbonyl (C=O) groups is 1. The minimum atomic E-state index is -0.253. The van der Waals surface area contributed by atoms with Crippen LogP contribution in [0.1, 0.15) is 18.9 Å². The molecule has 1 N–H and O–H groups in total. The van der Waals surface area contributed by atoms with Gasteiger partial charge in [-0.1, -0.05) is 15.9 Å². The van der Waals surface area contributed by atoms with Crippen LogP contribution in [0.15, 0.2) is 22.7 Å². The van der Waals surface area contributed by atoms with Crippen LogP contribution in [-0.2, 0) is 16.1 Å². The number of ether oxygens (including phenoxy) is 1. The van der Waals surface area contributed by atoms with Crippen molar-refractivity contribution in [3.8, 4) is 0 Å². The highest BCUT2D eigenvalue weighted by molar-refractivity contribution is 9.10. The minimum Gasteiger partial charge on any atom is -0.466 e. The van der Waals surface area contributed by atoms with Gasteiger partial charge in [-0.15, -0.1) is 0 Å². The molecular weight excluding hydrogens is 289 g/mol. The van der Waals surface area contributed by atoms with Gasteiger partial charge in [0.1, 0.15) is 5.82 Å². The first-order valence-electron chi connectivity index (χ1n) is 5.43. The van der Waals surface area contributed by atoms with E-state index in [1.165, 1.54) is 6.07 Å². The molecular formula is C12H15BrFNO2. The van der Waals surface area contributed by atoms with E-state index in [0.29, 0.717) is 31.7 Å². The van der Waals surface area contributed by atoms with E-state index in [1.54, 1.807) is 19.1 Å². The van der Waals surface area contributed by atoms with Crippen molar-refractivity contribution in [3.05, 3.63) is 34.1 Å². The van der Waals surface area contributed by atoms with Gasteiger partial charge in [0.25, 0.3) is 0 Å². The highest BCUT2D eigenvalue weighted by Gasteiger charge is 2.04. The highest BCUT2D eigenvalue weighted by Crippen LogP contribution is 2.15. The molecule has 3 nitrogen and oxygen atoms in total. The van der Waals surface area contributed by atoms with Crippen LogP contribution >= 0.6 is 15.9 Å². The molecule has 0 atom stereocenters. The van der Waals surface area contributed by atoms with Gasteiger partial charge in [-0.05, 0) is 25.1 Å². The zero-order chi connectivity index (χ0) is 12.7. The molecule has 0 amide bonds. The fraction of sp³-hybridized carbons (Fsp3) is 0.417. The van der Waals surface area contributed by atoms with Crippen molar-refractivity contribution in [2.24, 2.45) is 0 Å². The van der Waals surface area contributed by atoms with Gasteiger partial charge in [0.05, 0.1) is 13.0 Å². The van der Waals surface area contributed by atoms with Crippen molar-refractivity contribution < 1.29 is 13.9 Å². The number of rotatable bonds is 6. The van der Waals surface area contributed by atoms with Crippen LogP contribution in [-0.4, -0.2) is 19.1 Å². The molecule has 0 aromatic heterocycles. The van der Waals surface area contributed by atoms with Crippen LogP contribution < -0.4 is 5.32 Å². The predicted molar refractivity (Wildman–Crippen MR) is 67.1 cm³/mol. The lowest BCUT2D eigenvalue weighted by Crippen LogP contribution is -2.19. The van der Waals surface area contributed by atoms with Crippen molar-refractivity contribution in [2.45, 2.75) is 19.9 Å². The highest BCUT2D eigenvalue weighted by atomic mass is 79.9. The average molecular weight is 304 g/mol. The van der Waals surface area contributed by atoms with Crippen LogP contribution in [0.25, 0.3) is 0 Å². The Labute approximate surface area is 108 Å². The molecule has 0 unspecified atom stereocenters. The Hall–Kier alpha value is -0.940. The van der Waals surface area contributed by atoms with Gasteiger partial charge in [0.2, 0.25) is 0 Å². The molecule has 0 aliphatic carbocycles. The standard InChI is InChI=1S/C12H15BrFNO2/c1-2-17-12(16)5-6-15-8-9-7-10(13)3-4-11(9)14/h3-4,7,15H,2,5-6,8H2,1H3. The molecule has 17 heavy (non-hydrogen) atoms. The maximum Gasteiger partial charge on any atom is 0.307 e. The van der Waals surface area contributed by atoms with E-state index >= 15 is 0 Å². The first kappa shape index (κ1) is 14.1. The molecule has 0 saturated carbocycles. The molecule has 1 aromatic rings. The van der Waals surface area contributed by atoms with E-state index in [9.17, 15) is 9.18 Å². The second-order valence-electron chi connectivity index (χ2n) is 3.47. The zero-order valence-electron chi connectivity index (χ0n) is 9.63. The van der Waals surface area contributed by atoms with Crippen LogP contribution in [0.4, 0.5) is 4.39 Å². The molecule has 0 fully saturated rings. The van der Waals surface area contributed by atoms with Crippen molar-refractivity contribution in [1.29, 1.82) is 0 Å². The Morgan fingerprint density at radius 2 is 2.29 bits per heavy atom. The maximum absolute atomic E-state index is 13.3. The van der Waals surface area contributed by atoms with Gasteiger partial charge in [-0.2, -0.15) is 0 Å². The summed E-state index contributed by atoms with van der Waals surface area (Å²) in [5.41, 5.74) is 0.572. The number of halogens is 2. The largest absolute Gasteiger partial charge is 0.466 e. The number of carbonyl (C=O) groups excluding carboxylic acids is 1. The molecule has 0 heterocycles. The Kier molecular flexibility index (Phi) is 6.15. The quantitative estimate of drug-likeness (QED) is 0.648. The van der Waals surface area contributed by atoms with Crippen LogP contribution in [0.3, 0.4) is 0 Å². The molecule has 0 bridgehead atoms. The Balaban J connectivity index is 2.31. The van der Waals surface area contributed by atoms with E-state index in [1.807, 2.05) is 0 Å². The summed E-state index contributed by atoms with van der Waals surface area (Å²) in [6, 6.07) is 4.77. The normalized spacial score (nSPS) is 10.3. The predicted octanol–water partition coefficient (Wildman–Crippen LogP) is 2.63. The number of hydrogen-bond donors (Lipinski definition) is 1. The number of esters is 1. The van der Waals surface area contributed by atoms with Crippen molar-refractivity contribution in [3.63, 3.8) is 0 Å².